The van der Waals surface area contributed by atoms with Crippen LogP contribution >= 0.6 is 11.3 Å². The first kappa shape index (κ1) is 9.56. The van der Waals surface area contributed by atoms with Crippen LogP contribution in [-0.4, -0.2) is 4.98 Å². The van der Waals surface area contributed by atoms with Crippen molar-refractivity contribution in [2.45, 2.75) is 19.3 Å². The van der Waals surface area contributed by atoms with E-state index in [1.54, 1.807) is 11.3 Å². The number of aryl methyl sites for hydroxylation is 2. The standard InChI is InChI=1S/C13H10N2S/c14-8-7-12-15-13-10-4-2-1-3-9(10)5-6-11(13)16-12/h1-4H,5-7H2. The number of hydrogen-bond donors (Lipinski definition) is 0. The average Bonchev–Trinajstić information content (AvgIpc) is 2.72. The third-order valence-corrected chi connectivity index (χ3v) is 3.98. The van der Waals surface area contributed by atoms with Crippen LogP contribution in [0.5, 0.6) is 0 Å². The van der Waals surface area contributed by atoms with E-state index in [1.807, 2.05) is 0 Å². The predicted molar refractivity (Wildman–Crippen MR) is 64.3 cm³/mol. The van der Waals surface area contributed by atoms with Gasteiger partial charge in [-0.15, -0.1) is 11.3 Å². The summed E-state index contributed by atoms with van der Waals surface area (Å²) in [6.07, 6.45) is 2.59. The molecule has 1 aromatic heterocycles. The average molecular weight is 226 g/mol. The Hall–Kier alpha value is -1.66. The molecule has 3 heteroatoms. The summed E-state index contributed by atoms with van der Waals surface area (Å²) in [5, 5.41) is 9.64. The minimum atomic E-state index is 0.430. The lowest BCUT2D eigenvalue weighted by Gasteiger charge is -2.13. The maximum absolute atomic E-state index is 8.69. The molecule has 0 amide bonds. The van der Waals surface area contributed by atoms with E-state index in [0.717, 1.165) is 23.5 Å². The van der Waals surface area contributed by atoms with Gasteiger partial charge in [-0.1, -0.05) is 24.3 Å². The number of aromatic nitrogens is 1. The van der Waals surface area contributed by atoms with E-state index in [-0.39, 0.29) is 0 Å². The smallest absolute Gasteiger partial charge is 0.108 e. The molecule has 1 aliphatic rings. The second-order valence-corrected chi connectivity index (χ2v) is 5.04. The van der Waals surface area contributed by atoms with Crippen LogP contribution in [0.1, 0.15) is 15.4 Å². The van der Waals surface area contributed by atoms with E-state index in [4.69, 9.17) is 5.26 Å². The molecule has 2 aromatic rings. The Morgan fingerprint density at radius 3 is 3.06 bits per heavy atom. The van der Waals surface area contributed by atoms with Crippen LogP contribution in [-0.2, 0) is 19.3 Å². The van der Waals surface area contributed by atoms with Crippen molar-refractivity contribution in [1.82, 2.24) is 4.98 Å². The van der Waals surface area contributed by atoms with Crippen molar-refractivity contribution in [3.05, 3.63) is 39.7 Å². The minimum Gasteiger partial charge on any atom is -0.240 e. The Labute approximate surface area is 98.2 Å². The SMILES string of the molecule is N#CCc1nc2c(s1)CCc1ccccc1-2. The van der Waals surface area contributed by atoms with Gasteiger partial charge in [0.05, 0.1) is 18.2 Å². The molecule has 78 valence electrons. The molecule has 0 N–H and O–H groups in total. The molecule has 16 heavy (non-hydrogen) atoms. The van der Waals surface area contributed by atoms with E-state index in [9.17, 15) is 0 Å². The Morgan fingerprint density at radius 1 is 1.31 bits per heavy atom. The van der Waals surface area contributed by atoms with E-state index in [1.165, 1.54) is 16.0 Å². The number of hydrogen-bond acceptors (Lipinski definition) is 3. The van der Waals surface area contributed by atoms with Gasteiger partial charge in [-0.25, -0.2) is 4.98 Å². The highest BCUT2D eigenvalue weighted by atomic mass is 32.1. The molecule has 0 aliphatic heterocycles. The summed E-state index contributed by atoms with van der Waals surface area (Å²) < 4.78 is 0. The lowest BCUT2D eigenvalue weighted by molar-refractivity contribution is 0.953. The van der Waals surface area contributed by atoms with Gasteiger partial charge in [-0.3, -0.25) is 0 Å². The molecule has 0 radical (unpaired) electrons. The predicted octanol–water partition coefficient (Wildman–Crippen LogP) is 2.97. The van der Waals surface area contributed by atoms with Gasteiger partial charge in [0.25, 0.3) is 0 Å². The van der Waals surface area contributed by atoms with Gasteiger partial charge >= 0.3 is 0 Å². The van der Waals surface area contributed by atoms with E-state index < -0.39 is 0 Å². The highest BCUT2D eigenvalue weighted by Crippen LogP contribution is 2.36. The lowest BCUT2D eigenvalue weighted by atomic mass is 9.94. The second kappa shape index (κ2) is 3.73. The van der Waals surface area contributed by atoms with E-state index >= 15 is 0 Å². The Kier molecular flexibility index (Phi) is 2.23. The molecule has 0 bridgehead atoms. The zero-order valence-corrected chi connectivity index (χ0v) is 9.55. The first-order chi connectivity index (χ1) is 7.88. The maximum atomic E-state index is 8.69. The van der Waals surface area contributed by atoms with E-state index in [0.29, 0.717) is 6.42 Å². The number of thiazole rings is 1. The molecule has 0 saturated heterocycles. The second-order valence-electron chi connectivity index (χ2n) is 3.87. The molecule has 3 rings (SSSR count). The first-order valence-corrected chi connectivity index (χ1v) is 6.14. The van der Waals surface area contributed by atoms with Crippen molar-refractivity contribution >= 4 is 11.3 Å². The third kappa shape index (κ3) is 1.43. The molecule has 0 fully saturated rings. The zero-order chi connectivity index (χ0) is 11.0. The van der Waals surface area contributed by atoms with Crippen molar-refractivity contribution in [1.29, 1.82) is 5.26 Å². The molecule has 1 aliphatic carbocycles. The number of fused-ring (bicyclic) bond motifs is 3. The van der Waals surface area contributed by atoms with Gasteiger partial charge in [0.1, 0.15) is 5.01 Å². The van der Waals surface area contributed by atoms with Crippen molar-refractivity contribution < 1.29 is 0 Å². The molecule has 2 nitrogen and oxygen atoms in total. The van der Waals surface area contributed by atoms with Crippen molar-refractivity contribution in [3.8, 4) is 17.3 Å². The minimum absolute atomic E-state index is 0.430. The van der Waals surface area contributed by atoms with Crippen LogP contribution in [0, 0.1) is 11.3 Å². The first-order valence-electron chi connectivity index (χ1n) is 5.32. The molecule has 1 heterocycles. The van der Waals surface area contributed by atoms with Crippen LogP contribution < -0.4 is 0 Å². The highest BCUT2D eigenvalue weighted by Gasteiger charge is 2.19. The monoisotopic (exact) mass is 226 g/mol. The fourth-order valence-electron chi connectivity index (χ4n) is 2.14. The van der Waals surface area contributed by atoms with Crippen LogP contribution in [0.15, 0.2) is 24.3 Å². The molecule has 0 atom stereocenters. The van der Waals surface area contributed by atoms with Gasteiger partial charge in [0, 0.05) is 10.4 Å². The summed E-state index contributed by atoms with van der Waals surface area (Å²) >= 11 is 1.69. The molecule has 1 aromatic carbocycles. The molecule has 0 unspecified atom stereocenters. The quantitative estimate of drug-likeness (QED) is 0.749. The van der Waals surface area contributed by atoms with Crippen LogP contribution in [0.25, 0.3) is 11.3 Å². The van der Waals surface area contributed by atoms with Crippen LogP contribution in [0.4, 0.5) is 0 Å². The van der Waals surface area contributed by atoms with Crippen molar-refractivity contribution in [2.75, 3.05) is 0 Å². The number of rotatable bonds is 1. The summed E-state index contributed by atoms with van der Waals surface area (Å²) in [4.78, 5) is 5.91. The van der Waals surface area contributed by atoms with Crippen molar-refractivity contribution in [2.24, 2.45) is 0 Å². The highest BCUT2D eigenvalue weighted by molar-refractivity contribution is 7.12. The van der Waals surface area contributed by atoms with Gasteiger partial charge < -0.3 is 0 Å². The normalized spacial score (nSPS) is 12.7. The summed E-state index contributed by atoms with van der Waals surface area (Å²) in [7, 11) is 0. The van der Waals surface area contributed by atoms with Gasteiger partial charge in [0.2, 0.25) is 0 Å². The number of nitriles is 1. The van der Waals surface area contributed by atoms with Crippen LogP contribution in [0.2, 0.25) is 0 Å². The summed E-state index contributed by atoms with van der Waals surface area (Å²) in [6.45, 7) is 0. The van der Waals surface area contributed by atoms with Crippen LogP contribution in [0.3, 0.4) is 0 Å². The third-order valence-electron chi connectivity index (χ3n) is 2.87. The fraction of sp³-hybridized carbons (Fsp3) is 0.231. The summed E-state index contributed by atoms with van der Waals surface area (Å²) in [6, 6.07) is 10.6. The maximum Gasteiger partial charge on any atom is 0.108 e. The summed E-state index contributed by atoms with van der Waals surface area (Å²) in [5.41, 5.74) is 3.74. The Balaban J connectivity index is 2.14. The fourth-order valence-corrected chi connectivity index (χ4v) is 3.16. The molecule has 0 spiro atoms. The van der Waals surface area contributed by atoms with Crippen molar-refractivity contribution in [3.63, 3.8) is 0 Å². The zero-order valence-electron chi connectivity index (χ0n) is 8.73. The van der Waals surface area contributed by atoms with Gasteiger partial charge in [-0.05, 0) is 18.4 Å². The molecule has 0 saturated carbocycles. The lowest BCUT2D eigenvalue weighted by Crippen LogP contribution is -2.01. The molecular formula is C13H10N2S. The van der Waals surface area contributed by atoms with E-state index in [2.05, 4.69) is 35.3 Å². The van der Waals surface area contributed by atoms with Gasteiger partial charge in [0.15, 0.2) is 0 Å². The Morgan fingerprint density at radius 2 is 2.19 bits per heavy atom. The number of benzene rings is 1. The molecular weight excluding hydrogens is 216 g/mol. The Bertz CT molecular complexity index is 578. The number of nitrogens with zero attached hydrogens (tertiary/aromatic N) is 2. The van der Waals surface area contributed by atoms with Gasteiger partial charge in [-0.2, -0.15) is 5.26 Å². The topological polar surface area (TPSA) is 36.7 Å². The largest absolute Gasteiger partial charge is 0.240 e. The summed E-state index contributed by atoms with van der Waals surface area (Å²) in [5.74, 6) is 0.